The van der Waals surface area contributed by atoms with Crippen molar-refractivity contribution in [3.05, 3.63) is 87.7 Å². The highest BCUT2D eigenvalue weighted by Gasteiger charge is 2.41. The SMILES string of the molecule is Cc1noc2c1[C@H](c1ccc(C(C)C)cc1)C1=C(C[C@H](c3ccc(O)cc3)CC1=O)N2. The van der Waals surface area contributed by atoms with E-state index in [1.54, 1.807) is 12.1 Å². The van der Waals surface area contributed by atoms with E-state index in [-0.39, 0.29) is 23.4 Å². The summed E-state index contributed by atoms with van der Waals surface area (Å²) in [7, 11) is 0. The van der Waals surface area contributed by atoms with E-state index in [0.29, 0.717) is 24.6 Å². The number of benzene rings is 2. The summed E-state index contributed by atoms with van der Waals surface area (Å²) >= 11 is 0. The molecule has 1 aromatic heterocycles. The van der Waals surface area contributed by atoms with Gasteiger partial charge in [-0.3, -0.25) is 4.79 Å². The number of hydrogen-bond donors (Lipinski definition) is 2. The Morgan fingerprint density at radius 2 is 1.71 bits per heavy atom. The van der Waals surface area contributed by atoms with Crippen LogP contribution >= 0.6 is 0 Å². The van der Waals surface area contributed by atoms with Gasteiger partial charge in [-0.25, -0.2) is 0 Å². The molecule has 3 aromatic rings. The molecule has 0 spiro atoms. The van der Waals surface area contributed by atoms with Gasteiger partial charge in [-0.1, -0.05) is 55.4 Å². The average molecular weight is 415 g/mol. The fraction of sp³-hybridized carbons (Fsp3) is 0.308. The van der Waals surface area contributed by atoms with Crippen LogP contribution < -0.4 is 5.32 Å². The number of Topliss-reactive ketones (excluding diaryl/α,β-unsaturated/α-hetero) is 1. The van der Waals surface area contributed by atoms with Gasteiger partial charge >= 0.3 is 0 Å². The molecule has 2 aliphatic rings. The van der Waals surface area contributed by atoms with E-state index in [1.807, 2.05) is 19.1 Å². The number of anilines is 1. The number of phenolic OH excluding ortho intramolecular Hbond substituents is 1. The normalized spacial score (nSPS) is 20.5. The Morgan fingerprint density at radius 3 is 2.39 bits per heavy atom. The molecule has 2 atom stereocenters. The predicted molar refractivity (Wildman–Crippen MR) is 119 cm³/mol. The molecular weight excluding hydrogens is 388 g/mol. The van der Waals surface area contributed by atoms with E-state index in [9.17, 15) is 9.90 Å². The van der Waals surface area contributed by atoms with E-state index >= 15 is 0 Å². The molecule has 1 aliphatic heterocycles. The number of rotatable bonds is 3. The maximum absolute atomic E-state index is 13.5. The molecule has 2 heterocycles. The van der Waals surface area contributed by atoms with E-state index in [0.717, 1.165) is 33.7 Å². The van der Waals surface area contributed by atoms with Gasteiger partial charge in [0.05, 0.1) is 11.3 Å². The van der Waals surface area contributed by atoms with Gasteiger partial charge in [0, 0.05) is 23.6 Å². The second kappa shape index (κ2) is 7.41. The van der Waals surface area contributed by atoms with E-state index in [1.165, 1.54) is 5.56 Å². The molecule has 2 aromatic carbocycles. The van der Waals surface area contributed by atoms with Crippen LogP contribution in [0, 0.1) is 6.92 Å². The first kappa shape index (κ1) is 19.6. The molecule has 5 heteroatoms. The quantitative estimate of drug-likeness (QED) is 0.569. The Kier molecular flexibility index (Phi) is 4.69. The lowest BCUT2D eigenvalue weighted by molar-refractivity contribution is -0.116. The third-order valence-electron chi connectivity index (χ3n) is 6.56. The standard InChI is InChI=1S/C26H26N2O3/c1-14(2)16-4-6-18(7-5-16)24-23-15(3)28-31-26(23)27-21-12-19(13-22(30)25(21)24)17-8-10-20(29)11-9-17/h4-11,14,19,24,27,29H,12-13H2,1-3H3/t19-,24-/m0/s1. The van der Waals surface area contributed by atoms with Crippen LogP contribution in [0.3, 0.4) is 0 Å². The number of hydrogen-bond acceptors (Lipinski definition) is 5. The fourth-order valence-electron chi connectivity index (χ4n) is 4.86. The van der Waals surface area contributed by atoms with Crippen molar-refractivity contribution in [2.75, 3.05) is 5.32 Å². The molecule has 2 N–H and O–H groups in total. The Bertz CT molecular complexity index is 1170. The molecule has 31 heavy (non-hydrogen) atoms. The molecule has 0 fully saturated rings. The van der Waals surface area contributed by atoms with Crippen molar-refractivity contribution >= 4 is 11.7 Å². The largest absolute Gasteiger partial charge is 0.508 e. The molecule has 158 valence electrons. The van der Waals surface area contributed by atoms with Crippen LogP contribution in [-0.2, 0) is 4.79 Å². The predicted octanol–water partition coefficient (Wildman–Crippen LogP) is 5.77. The number of aromatic hydroxyl groups is 1. The summed E-state index contributed by atoms with van der Waals surface area (Å²) in [4.78, 5) is 13.5. The number of aryl methyl sites for hydroxylation is 1. The highest BCUT2D eigenvalue weighted by atomic mass is 16.5. The van der Waals surface area contributed by atoms with Gasteiger partial charge in [0.2, 0.25) is 5.88 Å². The summed E-state index contributed by atoms with van der Waals surface area (Å²) in [5.41, 5.74) is 6.91. The Labute approximate surface area is 181 Å². The topological polar surface area (TPSA) is 75.4 Å². The lowest BCUT2D eigenvalue weighted by Crippen LogP contribution is -2.29. The van der Waals surface area contributed by atoms with Crippen molar-refractivity contribution in [1.29, 1.82) is 0 Å². The van der Waals surface area contributed by atoms with E-state index < -0.39 is 0 Å². The van der Waals surface area contributed by atoms with Crippen molar-refractivity contribution < 1.29 is 14.4 Å². The lowest BCUT2D eigenvalue weighted by Gasteiger charge is -2.34. The molecule has 0 saturated heterocycles. The van der Waals surface area contributed by atoms with E-state index in [2.05, 4.69) is 48.6 Å². The van der Waals surface area contributed by atoms with Gasteiger partial charge in [0.25, 0.3) is 0 Å². The highest BCUT2D eigenvalue weighted by molar-refractivity contribution is 6.01. The van der Waals surface area contributed by atoms with Crippen molar-refractivity contribution in [3.63, 3.8) is 0 Å². The first-order chi connectivity index (χ1) is 14.9. The molecule has 0 saturated carbocycles. The number of aromatic nitrogens is 1. The Hall–Kier alpha value is -3.34. The minimum absolute atomic E-state index is 0.0638. The van der Waals surface area contributed by atoms with Gasteiger partial charge in [-0.05, 0) is 54.0 Å². The number of phenols is 1. The zero-order valence-corrected chi connectivity index (χ0v) is 18.0. The lowest BCUT2D eigenvalue weighted by atomic mass is 9.72. The second-order valence-electron chi connectivity index (χ2n) is 8.90. The minimum Gasteiger partial charge on any atom is -0.508 e. The van der Waals surface area contributed by atoms with Gasteiger partial charge < -0.3 is 14.9 Å². The first-order valence-corrected chi connectivity index (χ1v) is 10.8. The minimum atomic E-state index is -0.174. The summed E-state index contributed by atoms with van der Waals surface area (Å²) in [6.07, 6.45) is 1.16. The van der Waals surface area contributed by atoms with Crippen molar-refractivity contribution in [2.24, 2.45) is 0 Å². The van der Waals surface area contributed by atoms with Crippen molar-refractivity contribution in [1.82, 2.24) is 5.16 Å². The monoisotopic (exact) mass is 414 g/mol. The number of ketones is 1. The zero-order chi connectivity index (χ0) is 21.7. The molecule has 0 radical (unpaired) electrons. The highest BCUT2D eigenvalue weighted by Crippen LogP contribution is 2.49. The number of carbonyl (C=O) groups is 1. The molecular formula is C26H26N2O3. The van der Waals surface area contributed by atoms with Crippen LogP contribution in [-0.4, -0.2) is 16.0 Å². The van der Waals surface area contributed by atoms with Crippen LogP contribution in [0.4, 0.5) is 5.88 Å². The van der Waals surface area contributed by atoms with Gasteiger partial charge in [0.1, 0.15) is 5.75 Å². The molecule has 0 bridgehead atoms. The van der Waals surface area contributed by atoms with Gasteiger partial charge in [0.15, 0.2) is 5.78 Å². The Balaban J connectivity index is 1.58. The zero-order valence-electron chi connectivity index (χ0n) is 18.0. The molecule has 0 unspecified atom stereocenters. The third kappa shape index (κ3) is 3.34. The summed E-state index contributed by atoms with van der Waals surface area (Å²) in [6, 6.07) is 15.7. The smallest absolute Gasteiger partial charge is 0.233 e. The first-order valence-electron chi connectivity index (χ1n) is 10.8. The fourth-order valence-corrected chi connectivity index (χ4v) is 4.86. The average Bonchev–Trinajstić information content (AvgIpc) is 3.13. The summed E-state index contributed by atoms with van der Waals surface area (Å²) in [5, 5.41) is 17.2. The van der Waals surface area contributed by atoms with Crippen molar-refractivity contribution in [3.8, 4) is 5.75 Å². The molecule has 1 aliphatic carbocycles. The van der Waals surface area contributed by atoms with Crippen LogP contribution in [0.2, 0.25) is 0 Å². The number of nitrogens with one attached hydrogen (secondary N) is 1. The van der Waals surface area contributed by atoms with Crippen molar-refractivity contribution in [2.45, 2.75) is 51.4 Å². The van der Waals surface area contributed by atoms with Crippen LogP contribution in [0.5, 0.6) is 5.75 Å². The van der Waals surface area contributed by atoms with Gasteiger partial charge in [-0.2, -0.15) is 0 Å². The van der Waals surface area contributed by atoms with Crippen LogP contribution in [0.1, 0.15) is 72.4 Å². The molecule has 5 rings (SSSR count). The number of allylic oxidation sites excluding steroid dienone is 2. The number of nitrogens with zero attached hydrogens (tertiary/aromatic N) is 1. The molecule has 5 nitrogen and oxygen atoms in total. The van der Waals surface area contributed by atoms with Crippen LogP contribution in [0.25, 0.3) is 0 Å². The Morgan fingerprint density at radius 1 is 1.03 bits per heavy atom. The maximum atomic E-state index is 13.5. The third-order valence-corrected chi connectivity index (χ3v) is 6.56. The second-order valence-corrected chi connectivity index (χ2v) is 8.90. The van der Waals surface area contributed by atoms with Crippen LogP contribution in [0.15, 0.2) is 64.3 Å². The summed E-state index contributed by atoms with van der Waals surface area (Å²) in [5.74, 6) is 1.35. The number of fused-ring (bicyclic) bond motifs is 1. The molecule has 0 amide bonds. The summed E-state index contributed by atoms with van der Waals surface area (Å²) in [6.45, 7) is 6.28. The number of carbonyl (C=O) groups excluding carboxylic acids is 1. The maximum Gasteiger partial charge on any atom is 0.233 e. The van der Waals surface area contributed by atoms with Gasteiger partial charge in [-0.15, -0.1) is 0 Å². The summed E-state index contributed by atoms with van der Waals surface area (Å²) < 4.78 is 5.60. The van der Waals surface area contributed by atoms with E-state index in [4.69, 9.17) is 4.52 Å².